The first-order chi connectivity index (χ1) is 4.74. The van der Waals surface area contributed by atoms with Gasteiger partial charge < -0.3 is 10.0 Å². The normalized spacial score (nSPS) is 21.6. The van der Waals surface area contributed by atoms with Crippen LogP contribution in [-0.2, 0) is 0 Å². The Balaban J connectivity index is 2.10. The molecule has 0 amide bonds. The minimum Gasteiger partial charge on any atom is -0.392 e. The van der Waals surface area contributed by atoms with Crippen molar-refractivity contribution in [3.8, 4) is 0 Å². The molecule has 1 N–H and O–H groups in total. The van der Waals surface area contributed by atoms with Crippen molar-refractivity contribution in [3.05, 3.63) is 0 Å². The highest BCUT2D eigenvalue weighted by molar-refractivity contribution is 4.83. The molecular formula is C8H17NO. The van der Waals surface area contributed by atoms with Crippen LogP contribution in [0.15, 0.2) is 0 Å². The number of aliphatic hydroxyl groups excluding tert-OH is 1. The minimum atomic E-state index is -0.120. The van der Waals surface area contributed by atoms with E-state index in [2.05, 4.69) is 11.9 Å². The number of hydrogen-bond acceptors (Lipinski definition) is 2. The van der Waals surface area contributed by atoms with Gasteiger partial charge in [0, 0.05) is 12.6 Å². The zero-order valence-corrected chi connectivity index (χ0v) is 6.88. The van der Waals surface area contributed by atoms with Crippen LogP contribution in [0.1, 0.15) is 26.2 Å². The molecule has 1 aliphatic carbocycles. The van der Waals surface area contributed by atoms with Crippen molar-refractivity contribution < 1.29 is 5.11 Å². The van der Waals surface area contributed by atoms with Crippen molar-refractivity contribution in [3.63, 3.8) is 0 Å². The minimum absolute atomic E-state index is 0.120. The van der Waals surface area contributed by atoms with Crippen molar-refractivity contribution in [2.24, 2.45) is 0 Å². The lowest BCUT2D eigenvalue weighted by Gasteiger charge is -2.18. The van der Waals surface area contributed by atoms with Gasteiger partial charge in [0.05, 0.1) is 6.10 Å². The van der Waals surface area contributed by atoms with E-state index in [1.807, 2.05) is 6.92 Å². The Morgan fingerprint density at radius 3 is 2.60 bits per heavy atom. The van der Waals surface area contributed by atoms with Crippen LogP contribution in [0.3, 0.4) is 0 Å². The van der Waals surface area contributed by atoms with Crippen molar-refractivity contribution in [2.75, 3.05) is 13.6 Å². The Kier molecular flexibility index (Phi) is 2.69. The fourth-order valence-electron chi connectivity index (χ4n) is 1.13. The lowest BCUT2D eigenvalue weighted by atomic mass is 10.2. The third-order valence-corrected chi connectivity index (χ3v) is 2.14. The summed E-state index contributed by atoms with van der Waals surface area (Å²) in [6.45, 7) is 2.87. The molecule has 1 unspecified atom stereocenters. The van der Waals surface area contributed by atoms with Gasteiger partial charge in [-0.3, -0.25) is 0 Å². The van der Waals surface area contributed by atoms with Crippen molar-refractivity contribution in [1.29, 1.82) is 0 Å². The monoisotopic (exact) mass is 143 g/mol. The lowest BCUT2D eigenvalue weighted by molar-refractivity contribution is 0.119. The van der Waals surface area contributed by atoms with E-state index >= 15 is 0 Å². The van der Waals surface area contributed by atoms with Crippen LogP contribution in [-0.4, -0.2) is 35.7 Å². The van der Waals surface area contributed by atoms with Crippen LogP contribution in [0, 0.1) is 0 Å². The summed E-state index contributed by atoms with van der Waals surface area (Å²) in [7, 11) is 2.09. The summed E-state index contributed by atoms with van der Waals surface area (Å²) in [5.41, 5.74) is 0. The van der Waals surface area contributed by atoms with Crippen LogP contribution >= 0.6 is 0 Å². The Hall–Kier alpha value is -0.0800. The highest BCUT2D eigenvalue weighted by atomic mass is 16.3. The van der Waals surface area contributed by atoms with Gasteiger partial charge in [0.15, 0.2) is 0 Å². The molecule has 2 nitrogen and oxygen atoms in total. The molecule has 0 saturated heterocycles. The number of hydrogen-bond donors (Lipinski definition) is 1. The predicted molar refractivity (Wildman–Crippen MR) is 41.9 cm³/mol. The molecule has 0 bridgehead atoms. The van der Waals surface area contributed by atoms with E-state index < -0.39 is 0 Å². The van der Waals surface area contributed by atoms with E-state index in [0.29, 0.717) is 0 Å². The van der Waals surface area contributed by atoms with E-state index in [9.17, 15) is 5.11 Å². The molecule has 0 aromatic carbocycles. The Bertz CT molecular complexity index is 101. The summed E-state index contributed by atoms with van der Waals surface area (Å²) in [6, 6.07) is 0.779. The molecule has 0 spiro atoms. The standard InChI is InChI=1S/C8H17NO/c1-3-8(10)6-9(2)7-4-5-7/h7-8,10H,3-6H2,1-2H3. The van der Waals surface area contributed by atoms with Gasteiger partial charge in [-0.25, -0.2) is 0 Å². The molecule has 0 aliphatic heterocycles. The molecule has 10 heavy (non-hydrogen) atoms. The van der Waals surface area contributed by atoms with Crippen molar-refractivity contribution in [2.45, 2.75) is 38.3 Å². The molecule has 1 rings (SSSR count). The molecule has 1 saturated carbocycles. The van der Waals surface area contributed by atoms with E-state index in [0.717, 1.165) is 19.0 Å². The molecule has 0 heterocycles. The molecule has 0 aromatic heterocycles. The fraction of sp³-hybridized carbons (Fsp3) is 1.00. The average Bonchev–Trinajstić information content (AvgIpc) is 2.68. The van der Waals surface area contributed by atoms with Crippen LogP contribution < -0.4 is 0 Å². The second-order valence-electron chi connectivity index (χ2n) is 3.23. The third kappa shape index (κ3) is 2.27. The maximum Gasteiger partial charge on any atom is 0.0664 e. The maximum absolute atomic E-state index is 9.26. The van der Waals surface area contributed by atoms with Crippen LogP contribution in [0.25, 0.3) is 0 Å². The Morgan fingerprint density at radius 1 is 1.60 bits per heavy atom. The first-order valence-corrected chi connectivity index (χ1v) is 4.12. The van der Waals surface area contributed by atoms with E-state index in [4.69, 9.17) is 0 Å². The summed E-state index contributed by atoms with van der Waals surface area (Å²) in [5.74, 6) is 0. The van der Waals surface area contributed by atoms with Crippen LogP contribution in [0.4, 0.5) is 0 Å². The quantitative estimate of drug-likeness (QED) is 0.630. The molecule has 0 aromatic rings. The highest BCUT2D eigenvalue weighted by Crippen LogP contribution is 2.25. The van der Waals surface area contributed by atoms with Crippen LogP contribution in [0.2, 0.25) is 0 Å². The molecule has 1 atom stereocenters. The summed E-state index contributed by atoms with van der Waals surface area (Å²) >= 11 is 0. The summed E-state index contributed by atoms with van der Waals surface area (Å²) in [5, 5.41) is 9.26. The maximum atomic E-state index is 9.26. The van der Waals surface area contributed by atoms with Gasteiger partial charge >= 0.3 is 0 Å². The smallest absolute Gasteiger partial charge is 0.0664 e. The fourth-order valence-corrected chi connectivity index (χ4v) is 1.13. The first-order valence-electron chi connectivity index (χ1n) is 4.12. The van der Waals surface area contributed by atoms with Gasteiger partial charge in [0.2, 0.25) is 0 Å². The van der Waals surface area contributed by atoms with E-state index in [1.165, 1.54) is 12.8 Å². The SMILES string of the molecule is CCC(O)CN(C)C1CC1. The summed E-state index contributed by atoms with van der Waals surface area (Å²) in [4.78, 5) is 2.26. The largest absolute Gasteiger partial charge is 0.392 e. The summed E-state index contributed by atoms with van der Waals surface area (Å²) < 4.78 is 0. The first kappa shape index (κ1) is 8.02. The molecule has 2 heteroatoms. The topological polar surface area (TPSA) is 23.5 Å². The van der Waals surface area contributed by atoms with Gasteiger partial charge in [-0.1, -0.05) is 6.92 Å². The van der Waals surface area contributed by atoms with Crippen LogP contribution in [0.5, 0.6) is 0 Å². The predicted octanol–water partition coefficient (Wildman–Crippen LogP) is 0.851. The average molecular weight is 143 g/mol. The second kappa shape index (κ2) is 3.35. The molecule has 0 radical (unpaired) electrons. The van der Waals surface area contributed by atoms with E-state index in [-0.39, 0.29) is 6.10 Å². The molecule has 1 fully saturated rings. The van der Waals surface area contributed by atoms with Gasteiger partial charge in [0.1, 0.15) is 0 Å². The number of nitrogens with zero attached hydrogens (tertiary/aromatic N) is 1. The third-order valence-electron chi connectivity index (χ3n) is 2.14. The Labute approximate surface area is 62.8 Å². The zero-order valence-electron chi connectivity index (χ0n) is 6.88. The van der Waals surface area contributed by atoms with Gasteiger partial charge in [-0.05, 0) is 26.3 Å². The molecular weight excluding hydrogens is 126 g/mol. The van der Waals surface area contributed by atoms with Gasteiger partial charge in [-0.15, -0.1) is 0 Å². The van der Waals surface area contributed by atoms with Crippen molar-refractivity contribution >= 4 is 0 Å². The Morgan fingerprint density at radius 2 is 2.20 bits per heavy atom. The highest BCUT2D eigenvalue weighted by Gasteiger charge is 2.26. The lowest BCUT2D eigenvalue weighted by Crippen LogP contribution is -2.30. The zero-order chi connectivity index (χ0) is 7.56. The summed E-state index contributed by atoms with van der Waals surface area (Å²) in [6.07, 6.45) is 3.40. The molecule has 1 aliphatic rings. The molecule has 60 valence electrons. The number of rotatable bonds is 4. The van der Waals surface area contributed by atoms with E-state index in [1.54, 1.807) is 0 Å². The van der Waals surface area contributed by atoms with Gasteiger partial charge in [0.25, 0.3) is 0 Å². The van der Waals surface area contributed by atoms with Gasteiger partial charge in [-0.2, -0.15) is 0 Å². The van der Waals surface area contributed by atoms with Crippen molar-refractivity contribution in [1.82, 2.24) is 4.90 Å². The second-order valence-corrected chi connectivity index (χ2v) is 3.23. The number of aliphatic hydroxyl groups is 1. The number of likely N-dealkylation sites (N-methyl/N-ethyl adjacent to an activating group) is 1.